The summed E-state index contributed by atoms with van der Waals surface area (Å²) in [5, 5.41) is 2.91. The standard InChI is InChI=1S/C21H25F2N3O3S/c1-15(17-6-8-18(22)9-7-17)24-21(27)16(2)25-10-12-26(13-11-25)30(28,29)20-5-3-4-19(23)14-20/h3-9,14-16H,10-13H2,1-2H3,(H,24,27). The second kappa shape index (κ2) is 9.20. The number of nitrogens with zero attached hydrogens (tertiary/aromatic N) is 2. The number of hydrogen-bond donors (Lipinski definition) is 1. The molecule has 2 aromatic carbocycles. The van der Waals surface area contributed by atoms with Crippen molar-refractivity contribution >= 4 is 15.9 Å². The van der Waals surface area contributed by atoms with Crippen LogP contribution in [-0.2, 0) is 14.8 Å². The Morgan fingerprint density at radius 1 is 0.967 bits per heavy atom. The number of amides is 1. The van der Waals surface area contributed by atoms with E-state index in [1.165, 1.54) is 34.6 Å². The SMILES string of the molecule is CC(NC(=O)C(C)N1CCN(S(=O)(=O)c2cccc(F)c2)CC1)c1ccc(F)cc1. The van der Waals surface area contributed by atoms with Crippen molar-refractivity contribution in [1.82, 2.24) is 14.5 Å². The van der Waals surface area contributed by atoms with Crippen molar-refractivity contribution in [2.45, 2.75) is 30.8 Å². The highest BCUT2D eigenvalue weighted by molar-refractivity contribution is 7.89. The third kappa shape index (κ3) is 5.03. The largest absolute Gasteiger partial charge is 0.348 e. The fourth-order valence-corrected chi connectivity index (χ4v) is 4.90. The maximum absolute atomic E-state index is 13.4. The smallest absolute Gasteiger partial charge is 0.243 e. The van der Waals surface area contributed by atoms with E-state index in [1.807, 2.05) is 11.8 Å². The highest BCUT2D eigenvalue weighted by Crippen LogP contribution is 2.20. The molecule has 9 heteroatoms. The molecule has 1 amide bonds. The summed E-state index contributed by atoms with van der Waals surface area (Å²) in [6.45, 7) is 4.78. The first-order valence-electron chi connectivity index (χ1n) is 9.74. The molecule has 30 heavy (non-hydrogen) atoms. The Morgan fingerprint density at radius 2 is 1.60 bits per heavy atom. The van der Waals surface area contributed by atoms with Gasteiger partial charge in [0.1, 0.15) is 11.6 Å². The van der Waals surface area contributed by atoms with Gasteiger partial charge in [0.2, 0.25) is 15.9 Å². The van der Waals surface area contributed by atoms with E-state index in [4.69, 9.17) is 0 Å². The molecule has 0 aliphatic carbocycles. The number of carbonyl (C=O) groups excluding carboxylic acids is 1. The van der Waals surface area contributed by atoms with Gasteiger partial charge in [-0.15, -0.1) is 0 Å². The number of hydrogen-bond acceptors (Lipinski definition) is 4. The van der Waals surface area contributed by atoms with Gasteiger partial charge in [0.15, 0.2) is 0 Å². The number of benzene rings is 2. The van der Waals surface area contributed by atoms with Crippen molar-refractivity contribution in [2.24, 2.45) is 0 Å². The zero-order valence-corrected chi connectivity index (χ0v) is 17.7. The van der Waals surface area contributed by atoms with Crippen molar-refractivity contribution in [3.8, 4) is 0 Å². The number of halogens is 2. The van der Waals surface area contributed by atoms with E-state index in [1.54, 1.807) is 19.1 Å². The number of rotatable bonds is 6. The van der Waals surface area contributed by atoms with E-state index in [9.17, 15) is 22.0 Å². The molecule has 1 aliphatic rings. The van der Waals surface area contributed by atoms with Gasteiger partial charge in [0.25, 0.3) is 0 Å². The average Bonchev–Trinajstić information content (AvgIpc) is 2.73. The van der Waals surface area contributed by atoms with E-state index in [0.717, 1.165) is 11.6 Å². The van der Waals surface area contributed by atoms with Gasteiger partial charge in [-0.2, -0.15) is 4.31 Å². The van der Waals surface area contributed by atoms with Crippen LogP contribution in [0.3, 0.4) is 0 Å². The minimum atomic E-state index is -3.78. The molecule has 1 fully saturated rings. The Morgan fingerprint density at radius 3 is 2.20 bits per heavy atom. The van der Waals surface area contributed by atoms with Crippen LogP contribution in [0.2, 0.25) is 0 Å². The molecule has 0 saturated carbocycles. The molecule has 1 heterocycles. The van der Waals surface area contributed by atoms with Crippen LogP contribution >= 0.6 is 0 Å². The molecular weight excluding hydrogens is 412 g/mol. The van der Waals surface area contributed by atoms with Crippen LogP contribution in [0.25, 0.3) is 0 Å². The molecule has 1 saturated heterocycles. The number of piperazine rings is 1. The predicted molar refractivity (Wildman–Crippen MR) is 109 cm³/mol. The summed E-state index contributed by atoms with van der Waals surface area (Å²) < 4.78 is 53.2. The normalized spacial score (nSPS) is 18.0. The third-order valence-corrected chi connectivity index (χ3v) is 7.26. The van der Waals surface area contributed by atoms with Gasteiger partial charge < -0.3 is 5.32 Å². The maximum Gasteiger partial charge on any atom is 0.243 e. The average molecular weight is 438 g/mol. The fraction of sp³-hybridized carbons (Fsp3) is 0.381. The second-order valence-electron chi connectivity index (χ2n) is 7.36. The lowest BCUT2D eigenvalue weighted by molar-refractivity contribution is -0.127. The summed E-state index contributed by atoms with van der Waals surface area (Å²) in [6, 6.07) is 10.2. The predicted octanol–water partition coefficient (Wildman–Crippen LogP) is 2.54. The molecule has 0 spiro atoms. The van der Waals surface area contributed by atoms with Crippen LogP contribution in [0.15, 0.2) is 53.4 Å². The maximum atomic E-state index is 13.4. The zero-order chi connectivity index (χ0) is 21.9. The quantitative estimate of drug-likeness (QED) is 0.754. The van der Waals surface area contributed by atoms with Gasteiger partial charge in [-0.05, 0) is 49.7 Å². The molecule has 2 atom stereocenters. The van der Waals surface area contributed by atoms with E-state index >= 15 is 0 Å². The molecule has 0 radical (unpaired) electrons. The molecule has 2 unspecified atom stereocenters. The molecule has 6 nitrogen and oxygen atoms in total. The summed E-state index contributed by atoms with van der Waals surface area (Å²) >= 11 is 0. The summed E-state index contributed by atoms with van der Waals surface area (Å²) in [6.07, 6.45) is 0. The highest BCUT2D eigenvalue weighted by Gasteiger charge is 2.32. The second-order valence-corrected chi connectivity index (χ2v) is 9.29. The van der Waals surface area contributed by atoms with Crippen molar-refractivity contribution in [3.63, 3.8) is 0 Å². The summed E-state index contributed by atoms with van der Waals surface area (Å²) in [5.41, 5.74) is 0.794. The fourth-order valence-electron chi connectivity index (χ4n) is 3.44. The molecule has 3 rings (SSSR count). The van der Waals surface area contributed by atoms with Crippen LogP contribution < -0.4 is 5.32 Å². The highest BCUT2D eigenvalue weighted by atomic mass is 32.2. The number of nitrogens with one attached hydrogen (secondary N) is 1. The first-order valence-corrected chi connectivity index (χ1v) is 11.2. The van der Waals surface area contributed by atoms with Crippen LogP contribution in [0.5, 0.6) is 0 Å². The van der Waals surface area contributed by atoms with E-state index in [2.05, 4.69) is 5.32 Å². The van der Waals surface area contributed by atoms with Gasteiger partial charge in [0, 0.05) is 26.2 Å². The van der Waals surface area contributed by atoms with Gasteiger partial charge >= 0.3 is 0 Å². The lowest BCUT2D eigenvalue weighted by atomic mass is 10.1. The summed E-state index contributed by atoms with van der Waals surface area (Å²) in [4.78, 5) is 14.5. The Kier molecular flexibility index (Phi) is 6.84. The van der Waals surface area contributed by atoms with Gasteiger partial charge in [-0.1, -0.05) is 18.2 Å². The topological polar surface area (TPSA) is 69.7 Å². The van der Waals surface area contributed by atoms with Crippen LogP contribution in [0, 0.1) is 11.6 Å². The summed E-state index contributed by atoms with van der Waals surface area (Å²) in [7, 11) is -3.78. The van der Waals surface area contributed by atoms with Crippen molar-refractivity contribution in [1.29, 1.82) is 0 Å². The van der Waals surface area contributed by atoms with Crippen LogP contribution in [0.1, 0.15) is 25.5 Å². The number of sulfonamides is 1. The van der Waals surface area contributed by atoms with Crippen LogP contribution in [-0.4, -0.2) is 55.8 Å². The van der Waals surface area contributed by atoms with Crippen molar-refractivity contribution in [3.05, 3.63) is 65.7 Å². The molecule has 0 aromatic heterocycles. The van der Waals surface area contributed by atoms with E-state index in [0.29, 0.717) is 13.1 Å². The van der Waals surface area contributed by atoms with Crippen molar-refractivity contribution in [2.75, 3.05) is 26.2 Å². The van der Waals surface area contributed by atoms with Crippen molar-refractivity contribution < 1.29 is 22.0 Å². The molecule has 1 aliphatic heterocycles. The van der Waals surface area contributed by atoms with E-state index in [-0.39, 0.29) is 35.8 Å². The van der Waals surface area contributed by atoms with Gasteiger partial charge in [-0.25, -0.2) is 17.2 Å². The summed E-state index contributed by atoms with van der Waals surface area (Å²) in [5.74, 6) is -1.12. The zero-order valence-electron chi connectivity index (χ0n) is 16.9. The Balaban J connectivity index is 1.57. The Hall–Kier alpha value is -2.36. The lowest BCUT2D eigenvalue weighted by Gasteiger charge is -2.37. The Labute approximate surface area is 175 Å². The van der Waals surface area contributed by atoms with E-state index < -0.39 is 21.9 Å². The number of carbonyl (C=O) groups is 1. The third-order valence-electron chi connectivity index (χ3n) is 5.36. The molecule has 162 valence electrons. The van der Waals surface area contributed by atoms with Gasteiger partial charge in [-0.3, -0.25) is 9.69 Å². The first kappa shape index (κ1) is 22.3. The minimum absolute atomic E-state index is 0.0742. The first-order chi connectivity index (χ1) is 14.2. The van der Waals surface area contributed by atoms with Gasteiger partial charge in [0.05, 0.1) is 17.0 Å². The molecule has 2 aromatic rings. The lowest BCUT2D eigenvalue weighted by Crippen LogP contribution is -2.55. The monoisotopic (exact) mass is 437 g/mol. The minimum Gasteiger partial charge on any atom is -0.348 e. The Bertz CT molecular complexity index is 991. The molecule has 0 bridgehead atoms. The van der Waals surface area contributed by atoms with Crippen LogP contribution in [0.4, 0.5) is 8.78 Å². The molecular formula is C21H25F2N3O3S. The molecule has 1 N–H and O–H groups in total.